The third-order valence-electron chi connectivity index (χ3n) is 7.95. The summed E-state index contributed by atoms with van der Waals surface area (Å²) < 4.78 is 2.38. The van der Waals surface area contributed by atoms with Crippen LogP contribution in [0.25, 0.3) is 38.6 Å². The molecule has 0 aliphatic carbocycles. The summed E-state index contributed by atoms with van der Waals surface area (Å²) in [4.78, 5) is 7.65. The maximum absolute atomic E-state index is 2.46. The van der Waals surface area contributed by atoms with Crippen molar-refractivity contribution in [3.63, 3.8) is 0 Å². The maximum Gasteiger partial charge on any atom is 0.0742 e. The molecule has 0 saturated carbocycles. The number of anilines is 3. The Balaban J connectivity index is 1.18. The normalized spacial score (nSPS) is 13.2. The van der Waals surface area contributed by atoms with E-state index < -0.39 is 0 Å². The molecule has 3 heterocycles. The van der Waals surface area contributed by atoms with Crippen molar-refractivity contribution < 1.29 is 0 Å². The Morgan fingerprint density at radius 3 is 1.50 bits per heavy atom. The van der Waals surface area contributed by atoms with E-state index in [0.717, 1.165) is 0 Å². The van der Waals surface area contributed by atoms with E-state index in [1.807, 2.05) is 23.5 Å². The molecule has 0 bridgehead atoms. The zero-order valence-corrected chi connectivity index (χ0v) is 23.0. The smallest absolute Gasteiger partial charge is 0.0742 e. The van der Waals surface area contributed by atoms with Gasteiger partial charge in [-0.15, -0.1) is 0 Å². The quantitative estimate of drug-likeness (QED) is 0.213. The molecule has 4 heteroatoms. The molecule has 0 spiro atoms. The molecule has 2 aliphatic rings. The van der Waals surface area contributed by atoms with Gasteiger partial charge in [-0.2, -0.15) is 0 Å². The summed E-state index contributed by atoms with van der Waals surface area (Å²) in [7, 11) is 0. The van der Waals surface area contributed by atoms with E-state index in [0.29, 0.717) is 0 Å². The van der Waals surface area contributed by atoms with Gasteiger partial charge >= 0.3 is 0 Å². The van der Waals surface area contributed by atoms with Gasteiger partial charge in [0.15, 0.2) is 0 Å². The van der Waals surface area contributed by atoms with Crippen LogP contribution in [0.2, 0.25) is 0 Å². The Bertz CT molecular complexity index is 2000. The Kier molecular flexibility index (Phi) is 4.80. The monoisotopic (exact) mass is 546 g/mol. The number of benzene rings is 6. The van der Waals surface area contributed by atoms with Gasteiger partial charge in [-0.05, 0) is 71.8 Å². The van der Waals surface area contributed by atoms with Crippen LogP contribution in [0.4, 0.5) is 17.1 Å². The van der Waals surface area contributed by atoms with Crippen molar-refractivity contribution in [3.8, 4) is 16.8 Å². The molecule has 2 aliphatic heterocycles. The van der Waals surface area contributed by atoms with Crippen molar-refractivity contribution in [1.82, 2.24) is 4.57 Å². The maximum atomic E-state index is 2.46. The fraction of sp³-hybridized carbons (Fsp3) is 0. The topological polar surface area (TPSA) is 8.17 Å². The van der Waals surface area contributed by atoms with Gasteiger partial charge in [0, 0.05) is 36.0 Å². The van der Waals surface area contributed by atoms with Gasteiger partial charge in [0.1, 0.15) is 0 Å². The second-order valence-corrected chi connectivity index (χ2v) is 12.4. The van der Waals surface area contributed by atoms with Crippen molar-refractivity contribution in [3.05, 3.63) is 133 Å². The summed E-state index contributed by atoms with van der Waals surface area (Å²) in [6.07, 6.45) is 0. The van der Waals surface area contributed by atoms with Crippen LogP contribution in [0, 0.1) is 0 Å². The molecule has 1 aromatic heterocycles. The first-order chi connectivity index (χ1) is 19.8. The highest BCUT2D eigenvalue weighted by Crippen LogP contribution is 2.60. The third kappa shape index (κ3) is 3.21. The molecular weight excluding hydrogens is 525 g/mol. The standard InChI is InChI=1S/C36H22N2S2/c1-3-11-28-26(9-1)27-10-2-4-12-29(27)37(28)25-19-17-23(18-20-25)24-21-34-36-35(22-24)40-33-16-8-6-14-31(33)38(36)30-13-5-7-15-32(30)39-34/h1-22H. The summed E-state index contributed by atoms with van der Waals surface area (Å²) in [5.41, 5.74) is 9.96. The second kappa shape index (κ2) is 8.56. The average Bonchev–Trinajstić information content (AvgIpc) is 3.35. The Morgan fingerprint density at radius 1 is 0.425 bits per heavy atom. The first-order valence-electron chi connectivity index (χ1n) is 13.4. The van der Waals surface area contributed by atoms with Crippen molar-refractivity contribution in [2.24, 2.45) is 0 Å². The first-order valence-corrected chi connectivity index (χ1v) is 15.1. The molecule has 0 N–H and O–H groups in total. The fourth-order valence-electron chi connectivity index (χ4n) is 6.19. The largest absolute Gasteiger partial charge is 0.309 e. The zero-order chi connectivity index (χ0) is 26.2. The van der Waals surface area contributed by atoms with E-state index in [-0.39, 0.29) is 0 Å². The molecule has 7 aromatic rings. The number of rotatable bonds is 2. The minimum atomic E-state index is 1.18. The van der Waals surface area contributed by atoms with E-state index in [4.69, 9.17) is 0 Å². The predicted molar refractivity (Wildman–Crippen MR) is 169 cm³/mol. The van der Waals surface area contributed by atoms with Gasteiger partial charge in [0.25, 0.3) is 0 Å². The highest BCUT2D eigenvalue weighted by atomic mass is 32.2. The molecule has 188 valence electrons. The highest BCUT2D eigenvalue weighted by molar-refractivity contribution is 8.00. The van der Waals surface area contributed by atoms with Crippen LogP contribution in [-0.2, 0) is 0 Å². The fourth-order valence-corrected chi connectivity index (χ4v) is 8.52. The highest BCUT2D eigenvalue weighted by Gasteiger charge is 2.32. The third-order valence-corrected chi connectivity index (χ3v) is 10.1. The van der Waals surface area contributed by atoms with Crippen molar-refractivity contribution in [1.29, 1.82) is 0 Å². The summed E-state index contributed by atoms with van der Waals surface area (Å²) in [6, 6.07) is 48.7. The lowest BCUT2D eigenvalue weighted by atomic mass is 10.0. The van der Waals surface area contributed by atoms with E-state index in [9.17, 15) is 0 Å². The van der Waals surface area contributed by atoms with Crippen LogP contribution in [0.1, 0.15) is 0 Å². The molecule has 0 saturated heterocycles. The number of para-hydroxylation sites is 4. The SMILES string of the molecule is c1ccc2c(c1)Sc1cc(-c3ccc(-n4c5ccccc5c5ccccc54)cc3)cc3c1N2c1ccccc1S3. The number of nitrogens with zero attached hydrogens (tertiary/aromatic N) is 2. The molecule has 9 rings (SSSR count). The van der Waals surface area contributed by atoms with Gasteiger partial charge < -0.3 is 9.47 Å². The van der Waals surface area contributed by atoms with Crippen LogP contribution in [0.15, 0.2) is 153 Å². The Morgan fingerprint density at radius 2 is 0.925 bits per heavy atom. The lowest BCUT2D eigenvalue weighted by molar-refractivity contribution is 1.09. The average molecular weight is 547 g/mol. The lowest BCUT2D eigenvalue weighted by Gasteiger charge is -2.38. The zero-order valence-electron chi connectivity index (χ0n) is 21.4. The Labute approximate surface area is 240 Å². The molecule has 0 unspecified atom stereocenters. The van der Waals surface area contributed by atoms with Crippen molar-refractivity contribution >= 4 is 62.4 Å². The van der Waals surface area contributed by atoms with Crippen LogP contribution >= 0.6 is 23.5 Å². The van der Waals surface area contributed by atoms with Gasteiger partial charge in [-0.3, -0.25) is 0 Å². The summed E-state index contributed by atoms with van der Waals surface area (Å²) in [5.74, 6) is 0. The number of fused-ring (bicyclic) bond motifs is 7. The first kappa shape index (κ1) is 22.4. The summed E-state index contributed by atoms with van der Waals surface area (Å²) in [5, 5.41) is 2.57. The van der Waals surface area contributed by atoms with Crippen molar-refractivity contribution in [2.45, 2.75) is 19.6 Å². The van der Waals surface area contributed by atoms with Gasteiger partial charge in [-0.1, -0.05) is 96.3 Å². The van der Waals surface area contributed by atoms with Gasteiger partial charge in [0.05, 0.1) is 28.1 Å². The predicted octanol–water partition coefficient (Wildman–Crippen LogP) is 10.8. The molecule has 6 aromatic carbocycles. The van der Waals surface area contributed by atoms with E-state index >= 15 is 0 Å². The number of hydrogen-bond acceptors (Lipinski definition) is 3. The molecule has 0 amide bonds. The van der Waals surface area contributed by atoms with Crippen molar-refractivity contribution in [2.75, 3.05) is 4.90 Å². The van der Waals surface area contributed by atoms with Crippen LogP contribution in [-0.4, -0.2) is 4.57 Å². The number of hydrogen-bond donors (Lipinski definition) is 0. The molecule has 2 nitrogen and oxygen atoms in total. The molecule has 0 atom stereocenters. The lowest BCUT2D eigenvalue weighted by Crippen LogP contribution is -2.18. The molecule has 0 radical (unpaired) electrons. The van der Waals surface area contributed by atoms with Gasteiger partial charge in [-0.25, -0.2) is 0 Å². The van der Waals surface area contributed by atoms with Crippen LogP contribution in [0.5, 0.6) is 0 Å². The summed E-state index contributed by atoms with van der Waals surface area (Å²) in [6.45, 7) is 0. The Hall–Kier alpha value is -4.38. The molecule has 40 heavy (non-hydrogen) atoms. The van der Waals surface area contributed by atoms with Gasteiger partial charge in [0.2, 0.25) is 0 Å². The van der Waals surface area contributed by atoms with E-state index in [1.165, 1.54) is 75.3 Å². The second-order valence-electron chi connectivity index (χ2n) is 10.2. The summed E-state index contributed by atoms with van der Waals surface area (Å²) >= 11 is 3.76. The van der Waals surface area contributed by atoms with E-state index in [2.05, 4.69) is 143 Å². The minimum Gasteiger partial charge on any atom is -0.309 e. The minimum absolute atomic E-state index is 1.18. The van der Waals surface area contributed by atoms with Crippen LogP contribution < -0.4 is 4.90 Å². The molecule has 0 fully saturated rings. The molecular formula is C36H22N2S2. The number of aromatic nitrogens is 1. The van der Waals surface area contributed by atoms with E-state index in [1.54, 1.807) is 0 Å². The van der Waals surface area contributed by atoms with Crippen LogP contribution in [0.3, 0.4) is 0 Å².